The van der Waals surface area contributed by atoms with Crippen molar-refractivity contribution in [1.29, 1.82) is 0 Å². The van der Waals surface area contributed by atoms with Crippen LogP contribution in [0.3, 0.4) is 0 Å². The molecule has 0 bridgehead atoms. The van der Waals surface area contributed by atoms with Crippen molar-refractivity contribution in [3.63, 3.8) is 0 Å². The number of anilines is 1. The van der Waals surface area contributed by atoms with Gasteiger partial charge in [0.1, 0.15) is 0 Å². The standard InChI is InChI=1S/C6H6N.C6H5.C2H4O2.Hg/c7-6-4-2-1-3-5-6;1-2-4-6-5-3-1;1-2(3)4;/h2-5H,7H2;1-5H;1H3,(H,3,4);. The minimum atomic E-state index is -1.07. The van der Waals surface area contributed by atoms with Crippen molar-refractivity contribution in [3.8, 4) is 0 Å². The fourth-order valence-corrected chi connectivity index (χ4v) is 7.11. The maximum absolute atomic E-state index is 9.00. The van der Waals surface area contributed by atoms with Gasteiger partial charge in [-0.25, -0.2) is 0 Å². The predicted molar refractivity (Wildman–Crippen MR) is 69.9 cm³/mol. The molecule has 0 amide bonds. The quantitative estimate of drug-likeness (QED) is 0.560. The Morgan fingerprint density at radius 1 is 1.00 bits per heavy atom. The molecule has 0 atom stereocenters. The van der Waals surface area contributed by atoms with Crippen LogP contribution in [0.1, 0.15) is 6.92 Å². The zero-order valence-corrected chi connectivity index (χ0v) is 15.8. The van der Waals surface area contributed by atoms with Gasteiger partial charge in [-0.2, -0.15) is 0 Å². The van der Waals surface area contributed by atoms with Gasteiger partial charge in [-0.15, -0.1) is 0 Å². The molecular formula is C14H15HgNO2. The summed E-state index contributed by atoms with van der Waals surface area (Å²) >= 11 is -1.07. The third-order valence-corrected chi connectivity index (χ3v) is 9.07. The number of carbonyl (C=O) groups is 1. The molecule has 0 unspecified atom stereocenters. The van der Waals surface area contributed by atoms with E-state index in [0.717, 1.165) is 12.6 Å². The first-order valence-corrected chi connectivity index (χ1v) is 11.2. The molecule has 18 heavy (non-hydrogen) atoms. The zero-order valence-electron chi connectivity index (χ0n) is 10.3. The second kappa shape index (κ2) is 7.87. The van der Waals surface area contributed by atoms with Crippen LogP contribution in [-0.2, 0) is 29.4 Å². The molecule has 0 saturated carbocycles. The van der Waals surface area contributed by atoms with E-state index in [1.54, 1.807) is 3.07 Å². The van der Waals surface area contributed by atoms with Gasteiger partial charge in [-0.3, -0.25) is 4.79 Å². The van der Waals surface area contributed by atoms with Crippen LogP contribution in [0.2, 0.25) is 0 Å². The Bertz CT molecular complexity index is 479. The molecule has 0 aliphatic heterocycles. The number of rotatable bonds is 2. The van der Waals surface area contributed by atoms with Crippen molar-refractivity contribution in [2.45, 2.75) is 6.92 Å². The van der Waals surface area contributed by atoms with Crippen LogP contribution in [0.4, 0.5) is 5.69 Å². The van der Waals surface area contributed by atoms with Gasteiger partial charge in [0.2, 0.25) is 0 Å². The van der Waals surface area contributed by atoms with Gasteiger partial charge in [0.15, 0.2) is 0 Å². The van der Waals surface area contributed by atoms with Gasteiger partial charge >= 0.3 is 96.7 Å². The zero-order chi connectivity index (χ0) is 13.4. The molecule has 90 valence electrons. The second-order valence-electron chi connectivity index (χ2n) is 3.92. The molecule has 0 heterocycles. The van der Waals surface area contributed by atoms with E-state index in [1.807, 2.05) is 12.1 Å². The van der Waals surface area contributed by atoms with Gasteiger partial charge in [0.05, 0.1) is 0 Å². The molecule has 3 nitrogen and oxygen atoms in total. The van der Waals surface area contributed by atoms with E-state index < -0.39 is 30.5 Å². The van der Waals surface area contributed by atoms with Gasteiger partial charge < -0.3 is 5.11 Å². The van der Waals surface area contributed by atoms with Crippen molar-refractivity contribution in [1.82, 2.24) is 0 Å². The Labute approximate surface area is 119 Å². The maximum atomic E-state index is 9.00. The first-order chi connectivity index (χ1) is 8.58. The van der Waals surface area contributed by atoms with Crippen LogP contribution in [0.5, 0.6) is 0 Å². The topological polar surface area (TPSA) is 63.3 Å². The monoisotopic (exact) mass is 431 g/mol. The fourth-order valence-electron chi connectivity index (χ4n) is 1.47. The van der Waals surface area contributed by atoms with Crippen molar-refractivity contribution in [2.75, 3.05) is 5.73 Å². The normalized spacial score (nSPS) is 8.72. The van der Waals surface area contributed by atoms with Crippen LogP contribution in [0.15, 0.2) is 54.6 Å². The number of aliphatic carboxylic acids is 1. The molecule has 0 fully saturated rings. The number of hydrogen-bond donors (Lipinski definition) is 2. The van der Waals surface area contributed by atoms with Crippen molar-refractivity contribution in [3.05, 3.63) is 54.6 Å². The molecule has 3 N–H and O–H groups in total. The van der Waals surface area contributed by atoms with Crippen LogP contribution < -0.4 is 11.9 Å². The van der Waals surface area contributed by atoms with E-state index in [1.165, 1.54) is 3.07 Å². The second-order valence-corrected chi connectivity index (χ2v) is 11.6. The molecule has 0 aliphatic carbocycles. The molecule has 2 rings (SSSR count). The number of nitrogens with two attached hydrogens (primary N) is 1. The summed E-state index contributed by atoms with van der Waals surface area (Å²) < 4.78 is 3.07. The third-order valence-electron chi connectivity index (χ3n) is 2.23. The van der Waals surface area contributed by atoms with E-state index >= 15 is 0 Å². The molecule has 2 aromatic carbocycles. The number of hydrogen-bond acceptors (Lipinski definition) is 2. The number of nitrogen functional groups attached to an aromatic ring is 1. The first kappa shape index (κ1) is 14.7. The average molecular weight is 430 g/mol. The Hall–Kier alpha value is -1.35. The summed E-state index contributed by atoms with van der Waals surface area (Å²) in [6.07, 6.45) is 0. The first-order valence-electron chi connectivity index (χ1n) is 5.66. The average Bonchev–Trinajstić information content (AvgIpc) is 2.33. The van der Waals surface area contributed by atoms with E-state index in [-0.39, 0.29) is 0 Å². The Morgan fingerprint density at radius 3 is 1.94 bits per heavy atom. The summed E-state index contributed by atoms with van der Waals surface area (Å²) in [6.45, 7) is 1.08. The molecule has 0 spiro atoms. The third kappa shape index (κ3) is 6.40. The summed E-state index contributed by atoms with van der Waals surface area (Å²) in [7, 11) is 0. The van der Waals surface area contributed by atoms with Crippen molar-refractivity contribution < 1.29 is 34.5 Å². The molecule has 2 aromatic rings. The fraction of sp³-hybridized carbons (Fsp3) is 0.0714. The molecule has 0 aromatic heterocycles. The van der Waals surface area contributed by atoms with Crippen molar-refractivity contribution in [2.24, 2.45) is 0 Å². The van der Waals surface area contributed by atoms with Gasteiger partial charge in [0.25, 0.3) is 5.97 Å². The summed E-state index contributed by atoms with van der Waals surface area (Å²) in [5.74, 6) is -0.833. The Balaban J connectivity index is 0.000000357. The Morgan fingerprint density at radius 2 is 1.44 bits per heavy atom. The molecule has 0 radical (unpaired) electrons. The number of carboxylic acids is 1. The summed E-state index contributed by atoms with van der Waals surface area (Å²) in [5.41, 5.74) is 6.50. The predicted octanol–water partition coefficient (Wildman–Crippen LogP) is 1.39. The van der Waals surface area contributed by atoms with E-state index in [2.05, 4.69) is 42.5 Å². The molecule has 0 saturated heterocycles. The van der Waals surface area contributed by atoms with Crippen molar-refractivity contribution >= 4 is 17.8 Å². The van der Waals surface area contributed by atoms with Crippen LogP contribution in [-0.4, -0.2) is 11.1 Å². The summed E-state index contributed by atoms with van der Waals surface area (Å²) in [6, 6.07) is 19.1. The van der Waals surface area contributed by atoms with Crippen LogP contribution >= 0.6 is 0 Å². The summed E-state index contributed by atoms with van der Waals surface area (Å²) in [5, 5.41) is 7.42. The molecule has 4 heteroatoms. The van der Waals surface area contributed by atoms with Crippen LogP contribution in [0, 0.1) is 0 Å². The van der Waals surface area contributed by atoms with Gasteiger partial charge in [-0.05, 0) is 0 Å². The summed E-state index contributed by atoms with van der Waals surface area (Å²) in [4.78, 5) is 9.00. The SMILES string of the molecule is CC(=O)O.Nc1cc[c]([Hg][c]2ccccc2)cc1. The molecule has 0 aliphatic rings. The minimum absolute atomic E-state index is 0.833. The van der Waals surface area contributed by atoms with E-state index in [9.17, 15) is 0 Å². The van der Waals surface area contributed by atoms with Gasteiger partial charge in [0, 0.05) is 6.92 Å². The number of carboxylic acid groups (broad SMARTS) is 1. The number of benzene rings is 2. The van der Waals surface area contributed by atoms with E-state index in [4.69, 9.17) is 15.6 Å². The Kier molecular flexibility index (Phi) is 6.43. The van der Waals surface area contributed by atoms with E-state index in [0.29, 0.717) is 0 Å². The van der Waals surface area contributed by atoms with Crippen LogP contribution in [0.25, 0.3) is 0 Å². The van der Waals surface area contributed by atoms with Gasteiger partial charge in [-0.1, -0.05) is 0 Å². The molecular weight excluding hydrogens is 415 g/mol.